The van der Waals surface area contributed by atoms with Gasteiger partial charge < -0.3 is 10.6 Å². The molecule has 6 heteroatoms. The first-order chi connectivity index (χ1) is 11.9. The van der Waals surface area contributed by atoms with Gasteiger partial charge in [0, 0.05) is 23.2 Å². The SMILES string of the molecule is CCN1CCCC1CNC(=O)C(NC(=O)c1ccc(Cl)cc1)C(C)C. The zero-order chi connectivity index (χ0) is 18.4. The fourth-order valence-electron chi connectivity index (χ4n) is 3.23. The van der Waals surface area contributed by atoms with Gasteiger partial charge in [0.25, 0.3) is 5.91 Å². The second kappa shape index (κ2) is 9.20. The number of hydrogen-bond donors (Lipinski definition) is 2. The normalized spacial score (nSPS) is 19.0. The second-order valence-corrected chi connectivity index (χ2v) is 7.31. The van der Waals surface area contributed by atoms with Gasteiger partial charge in [-0.3, -0.25) is 14.5 Å². The largest absolute Gasteiger partial charge is 0.353 e. The molecule has 138 valence electrons. The highest BCUT2D eigenvalue weighted by Crippen LogP contribution is 2.16. The fraction of sp³-hybridized carbons (Fsp3) is 0.579. The topological polar surface area (TPSA) is 61.4 Å². The number of halogens is 1. The summed E-state index contributed by atoms with van der Waals surface area (Å²) in [7, 11) is 0. The first kappa shape index (κ1) is 19.7. The molecule has 25 heavy (non-hydrogen) atoms. The molecule has 0 spiro atoms. The summed E-state index contributed by atoms with van der Waals surface area (Å²) in [6.45, 7) is 8.73. The quantitative estimate of drug-likeness (QED) is 0.781. The summed E-state index contributed by atoms with van der Waals surface area (Å²) in [5.74, 6) is -0.385. The van der Waals surface area contributed by atoms with Crippen molar-refractivity contribution >= 4 is 23.4 Å². The lowest BCUT2D eigenvalue weighted by molar-refractivity contribution is -0.124. The molecule has 2 amide bonds. The van der Waals surface area contributed by atoms with E-state index in [0.717, 1.165) is 19.5 Å². The smallest absolute Gasteiger partial charge is 0.251 e. The molecule has 2 atom stereocenters. The molecule has 1 heterocycles. The summed E-state index contributed by atoms with van der Waals surface area (Å²) < 4.78 is 0. The number of nitrogens with zero attached hydrogens (tertiary/aromatic N) is 1. The van der Waals surface area contributed by atoms with Gasteiger partial charge in [-0.25, -0.2) is 0 Å². The van der Waals surface area contributed by atoms with Crippen LogP contribution in [0.4, 0.5) is 0 Å². The predicted molar refractivity (Wildman–Crippen MR) is 101 cm³/mol. The molecule has 0 aliphatic carbocycles. The number of likely N-dealkylation sites (tertiary alicyclic amines) is 1. The van der Waals surface area contributed by atoms with Crippen LogP contribution in [-0.2, 0) is 4.79 Å². The molecule has 0 aromatic heterocycles. The van der Waals surface area contributed by atoms with Crippen LogP contribution in [-0.4, -0.2) is 48.4 Å². The summed E-state index contributed by atoms with van der Waals surface area (Å²) in [6, 6.07) is 6.49. The summed E-state index contributed by atoms with van der Waals surface area (Å²) in [6.07, 6.45) is 2.28. The number of hydrogen-bond acceptors (Lipinski definition) is 3. The Morgan fingerprint density at radius 1 is 1.28 bits per heavy atom. The average molecular weight is 366 g/mol. The number of likely N-dealkylation sites (N-methyl/N-ethyl adjacent to an activating group) is 1. The zero-order valence-corrected chi connectivity index (χ0v) is 16.0. The van der Waals surface area contributed by atoms with Crippen LogP contribution in [0.5, 0.6) is 0 Å². The van der Waals surface area contributed by atoms with Crippen LogP contribution >= 0.6 is 11.6 Å². The molecule has 1 fully saturated rings. The van der Waals surface area contributed by atoms with E-state index in [1.807, 2.05) is 13.8 Å². The lowest BCUT2D eigenvalue weighted by Crippen LogP contribution is -2.52. The number of benzene rings is 1. The maximum absolute atomic E-state index is 12.6. The minimum absolute atomic E-state index is 0.00195. The van der Waals surface area contributed by atoms with Gasteiger partial charge in [0.2, 0.25) is 5.91 Å². The van der Waals surface area contributed by atoms with Crippen LogP contribution in [0, 0.1) is 5.92 Å². The highest BCUT2D eigenvalue weighted by Gasteiger charge is 2.27. The molecule has 2 rings (SSSR count). The Bertz CT molecular complexity index is 589. The molecule has 1 aliphatic heterocycles. The molecule has 1 aliphatic rings. The van der Waals surface area contributed by atoms with Gasteiger partial charge >= 0.3 is 0 Å². The van der Waals surface area contributed by atoms with E-state index in [1.165, 1.54) is 6.42 Å². The van der Waals surface area contributed by atoms with Crippen molar-refractivity contribution in [3.05, 3.63) is 34.9 Å². The van der Waals surface area contributed by atoms with E-state index in [1.54, 1.807) is 24.3 Å². The number of nitrogens with one attached hydrogen (secondary N) is 2. The lowest BCUT2D eigenvalue weighted by Gasteiger charge is -2.26. The molecule has 2 unspecified atom stereocenters. The summed E-state index contributed by atoms with van der Waals surface area (Å²) in [5.41, 5.74) is 0.496. The fourth-order valence-corrected chi connectivity index (χ4v) is 3.36. The van der Waals surface area contributed by atoms with Crippen LogP contribution in [0.25, 0.3) is 0 Å². The molecular formula is C19H28ClN3O2. The van der Waals surface area contributed by atoms with E-state index in [2.05, 4.69) is 22.5 Å². The third-order valence-electron chi connectivity index (χ3n) is 4.76. The second-order valence-electron chi connectivity index (χ2n) is 6.87. The molecular weight excluding hydrogens is 338 g/mol. The lowest BCUT2D eigenvalue weighted by atomic mass is 10.0. The van der Waals surface area contributed by atoms with E-state index >= 15 is 0 Å². The monoisotopic (exact) mass is 365 g/mol. The van der Waals surface area contributed by atoms with Gasteiger partial charge in [-0.05, 0) is 56.1 Å². The summed E-state index contributed by atoms with van der Waals surface area (Å²) in [4.78, 5) is 27.4. The number of carbonyl (C=O) groups excluding carboxylic acids is 2. The molecule has 0 saturated carbocycles. The van der Waals surface area contributed by atoms with E-state index in [9.17, 15) is 9.59 Å². The Kier molecular flexibility index (Phi) is 7.26. The highest BCUT2D eigenvalue weighted by molar-refractivity contribution is 6.30. The maximum Gasteiger partial charge on any atom is 0.251 e. The highest BCUT2D eigenvalue weighted by atomic mass is 35.5. The van der Waals surface area contributed by atoms with E-state index in [0.29, 0.717) is 23.2 Å². The Hall–Kier alpha value is -1.59. The standard InChI is InChI=1S/C19H28ClN3O2/c1-4-23-11-5-6-16(23)12-21-19(25)17(13(2)3)22-18(24)14-7-9-15(20)10-8-14/h7-10,13,16-17H,4-6,11-12H2,1-3H3,(H,21,25)(H,22,24). The van der Waals surface area contributed by atoms with Gasteiger partial charge in [0.05, 0.1) is 0 Å². The zero-order valence-electron chi connectivity index (χ0n) is 15.2. The van der Waals surface area contributed by atoms with Crippen LogP contribution in [0.1, 0.15) is 44.0 Å². The van der Waals surface area contributed by atoms with Gasteiger partial charge in [0.1, 0.15) is 6.04 Å². The van der Waals surface area contributed by atoms with Gasteiger partial charge in [-0.2, -0.15) is 0 Å². The van der Waals surface area contributed by atoms with Crippen LogP contribution < -0.4 is 10.6 Å². The van der Waals surface area contributed by atoms with E-state index in [4.69, 9.17) is 11.6 Å². The molecule has 5 nitrogen and oxygen atoms in total. The Morgan fingerprint density at radius 3 is 2.56 bits per heavy atom. The average Bonchev–Trinajstić information content (AvgIpc) is 3.05. The molecule has 1 aromatic rings. The molecule has 2 N–H and O–H groups in total. The molecule has 1 aromatic carbocycles. The van der Waals surface area contributed by atoms with Crippen molar-refractivity contribution in [1.29, 1.82) is 0 Å². The Morgan fingerprint density at radius 2 is 1.96 bits per heavy atom. The van der Waals surface area contributed by atoms with Crippen LogP contribution in [0.2, 0.25) is 5.02 Å². The third-order valence-corrected chi connectivity index (χ3v) is 5.01. The Labute approximate surface area is 155 Å². The molecule has 0 bridgehead atoms. The Balaban J connectivity index is 1.93. The summed E-state index contributed by atoms with van der Waals surface area (Å²) >= 11 is 5.85. The summed E-state index contributed by atoms with van der Waals surface area (Å²) in [5, 5.41) is 6.44. The third kappa shape index (κ3) is 5.44. The van der Waals surface area contributed by atoms with Gasteiger partial charge in [0.15, 0.2) is 0 Å². The predicted octanol–water partition coefficient (Wildman–Crippen LogP) is 2.69. The maximum atomic E-state index is 12.6. The minimum Gasteiger partial charge on any atom is -0.353 e. The van der Waals surface area contributed by atoms with Crippen molar-refractivity contribution < 1.29 is 9.59 Å². The van der Waals surface area contributed by atoms with Crippen LogP contribution in [0.15, 0.2) is 24.3 Å². The number of carbonyl (C=O) groups is 2. The first-order valence-electron chi connectivity index (χ1n) is 9.00. The molecule has 0 radical (unpaired) electrons. The van der Waals surface area contributed by atoms with Crippen molar-refractivity contribution in [2.45, 2.75) is 45.7 Å². The van der Waals surface area contributed by atoms with Crippen molar-refractivity contribution in [2.24, 2.45) is 5.92 Å². The van der Waals surface area contributed by atoms with Crippen LogP contribution in [0.3, 0.4) is 0 Å². The molecule has 1 saturated heterocycles. The first-order valence-corrected chi connectivity index (χ1v) is 9.38. The minimum atomic E-state index is -0.556. The van der Waals surface area contributed by atoms with Gasteiger partial charge in [-0.1, -0.05) is 32.4 Å². The van der Waals surface area contributed by atoms with Crippen molar-refractivity contribution in [3.63, 3.8) is 0 Å². The van der Waals surface area contributed by atoms with Crippen molar-refractivity contribution in [3.8, 4) is 0 Å². The van der Waals surface area contributed by atoms with E-state index < -0.39 is 6.04 Å². The van der Waals surface area contributed by atoms with Crippen molar-refractivity contribution in [2.75, 3.05) is 19.6 Å². The number of rotatable bonds is 7. The van der Waals surface area contributed by atoms with Crippen molar-refractivity contribution in [1.82, 2.24) is 15.5 Å². The number of amides is 2. The van der Waals surface area contributed by atoms with Gasteiger partial charge in [-0.15, -0.1) is 0 Å². The van der Waals surface area contributed by atoms with E-state index in [-0.39, 0.29) is 17.7 Å².